The lowest BCUT2D eigenvalue weighted by molar-refractivity contribution is 0.586. The lowest BCUT2D eigenvalue weighted by atomic mass is 10.1. The minimum atomic E-state index is -0.760. The van der Waals surface area contributed by atoms with E-state index in [2.05, 4.69) is 21.2 Å². The second-order valence-electron chi connectivity index (χ2n) is 4.27. The van der Waals surface area contributed by atoms with E-state index in [1.807, 2.05) is 31.2 Å². The van der Waals surface area contributed by atoms with Crippen molar-refractivity contribution >= 4 is 27.3 Å². The standard InChI is InChI=1S/C14H13BrF2N2/c1-8(9-3-2-4-10(15)5-9)19-13-7-11(16)6-12(17)14(13)18/h2-8,19H,18H2,1H3. The van der Waals surface area contributed by atoms with Crippen molar-refractivity contribution in [1.82, 2.24) is 0 Å². The van der Waals surface area contributed by atoms with Crippen LogP contribution in [0.15, 0.2) is 40.9 Å². The van der Waals surface area contributed by atoms with E-state index in [-0.39, 0.29) is 17.4 Å². The molecule has 0 amide bonds. The predicted molar refractivity (Wildman–Crippen MR) is 77.0 cm³/mol. The van der Waals surface area contributed by atoms with Gasteiger partial charge < -0.3 is 11.1 Å². The molecule has 0 heterocycles. The number of hydrogen-bond acceptors (Lipinski definition) is 2. The van der Waals surface area contributed by atoms with Gasteiger partial charge in [-0.2, -0.15) is 0 Å². The summed E-state index contributed by atoms with van der Waals surface area (Å²) < 4.78 is 27.5. The number of nitrogen functional groups attached to an aromatic ring is 1. The summed E-state index contributed by atoms with van der Waals surface area (Å²) in [6.45, 7) is 1.89. The van der Waals surface area contributed by atoms with Crippen LogP contribution in [-0.2, 0) is 0 Å². The van der Waals surface area contributed by atoms with Gasteiger partial charge >= 0.3 is 0 Å². The molecule has 2 aromatic rings. The fraction of sp³-hybridized carbons (Fsp3) is 0.143. The monoisotopic (exact) mass is 326 g/mol. The van der Waals surface area contributed by atoms with Crippen molar-refractivity contribution < 1.29 is 8.78 Å². The van der Waals surface area contributed by atoms with Gasteiger partial charge in [0, 0.05) is 16.6 Å². The van der Waals surface area contributed by atoms with Gasteiger partial charge in [-0.1, -0.05) is 28.1 Å². The number of halogens is 3. The Kier molecular flexibility index (Phi) is 4.04. The molecule has 1 unspecified atom stereocenters. The second kappa shape index (κ2) is 5.57. The number of rotatable bonds is 3. The first-order chi connectivity index (χ1) is 8.97. The molecular weight excluding hydrogens is 314 g/mol. The molecule has 0 aliphatic carbocycles. The number of hydrogen-bond donors (Lipinski definition) is 2. The zero-order chi connectivity index (χ0) is 14.0. The van der Waals surface area contributed by atoms with Crippen LogP contribution < -0.4 is 11.1 Å². The Labute approximate surface area is 118 Å². The van der Waals surface area contributed by atoms with Crippen LogP contribution in [0.4, 0.5) is 20.2 Å². The third kappa shape index (κ3) is 3.23. The largest absolute Gasteiger partial charge is 0.395 e. The average molecular weight is 327 g/mol. The summed E-state index contributed by atoms with van der Waals surface area (Å²) in [5.41, 5.74) is 6.75. The molecule has 0 saturated heterocycles. The molecule has 0 aliphatic heterocycles. The highest BCUT2D eigenvalue weighted by molar-refractivity contribution is 9.10. The van der Waals surface area contributed by atoms with Crippen LogP contribution in [0.2, 0.25) is 0 Å². The maximum absolute atomic E-state index is 13.3. The fourth-order valence-corrected chi connectivity index (χ4v) is 2.21. The van der Waals surface area contributed by atoms with E-state index in [0.717, 1.165) is 16.1 Å². The van der Waals surface area contributed by atoms with Gasteiger partial charge in [0.05, 0.1) is 11.4 Å². The summed E-state index contributed by atoms with van der Waals surface area (Å²) in [5.74, 6) is -1.42. The van der Waals surface area contributed by atoms with Crippen molar-refractivity contribution in [3.63, 3.8) is 0 Å². The third-order valence-corrected chi connectivity index (χ3v) is 3.31. The van der Waals surface area contributed by atoms with Crippen LogP contribution in [-0.4, -0.2) is 0 Å². The van der Waals surface area contributed by atoms with Crippen molar-refractivity contribution in [3.8, 4) is 0 Å². The van der Waals surface area contributed by atoms with Crippen LogP contribution in [0.25, 0.3) is 0 Å². The van der Waals surface area contributed by atoms with Crippen LogP contribution in [0.3, 0.4) is 0 Å². The molecule has 0 saturated carbocycles. The summed E-state index contributed by atoms with van der Waals surface area (Å²) in [5, 5.41) is 3.01. The quantitative estimate of drug-likeness (QED) is 0.816. The lowest BCUT2D eigenvalue weighted by Gasteiger charge is -2.17. The van der Waals surface area contributed by atoms with E-state index in [9.17, 15) is 8.78 Å². The molecule has 0 bridgehead atoms. The SMILES string of the molecule is CC(Nc1cc(F)cc(F)c1N)c1cccc(Br)c1. The highest BCUT2D eigenvalue weighted by Gasteiger charge is 2.12. The Hall–Kier alpha value is -1.62. The van der Waals surface area contributed by atoms with E-state index in [1.54, 1.807) is 0 Å². The number of benzene rings is 2. The molecule has 2 rings (SSSR count). The first-order valence-electron chi connectivity index (χ1n) is 5.74. The van der Waals surface area contributed by atoms with Crippen LogP contribution >= 0.6 is 15.9 Å². The Morgan fingerprint density at radius 1 is 1.21 bits per heavy atom. The zero-order valence-electron chi connectivity index (χ0n) is 10.3. The van der Waals surface area contributed by atoms with E-state index >= 15 is 0 Å². The second-order valence-corrected chi connectivity index (χ2v) is 5.19. The minimum absolute atomic E-state index is 0.0803. The van der Waals surface area contributed by atoms with Gasteiger partial charge in [-0.25, -0.2) is 8.78 Å². The Morgan fingerprint density at radius 3 is 2.63 bits per heavy atom. The van der Waals surface area contributed by atoms with E-state index in [4.69, 9.17) is 5.73 Å². The molecule has 0 aliphatic rings. The van der Waals surface area contributed by atoms with Crippen molar-refractivity contribution in [2.24, 2.45) is 0 Å². The maximum atomic E-state index is 13.3. The predicted octanol–water partition coefficient (Wildman–Crippen LogP) is 4.48. The summed E-state index contributed by atoms with van der Waals surface area (Å²) in [4.78, 5) is 0. The van der Waals surface area contributed by atoms with Gasteiger partial charge in [0.1, 0.15) is 5.82 Å². The van der Waals surface area contributed by atoms with Crippen molar-refractivity contribution in [3.05, 3.63) is 58.1 Å². The molecule has 5 heteroatoms. The molecular formula is C14H13BrF2N2. The summed E-state index contributed by atoms with van der Waals surface area (Å²) >= 11 is 3.38. The van der Waals surface area contributed by atoms with Crippen LogP contribution in [0.1, 0.15) is 18.5 Å². The summed E-state index contributed by atoms with van der Waals surface area (Å²) in [7, 11) is 0. The first-order valence-corrected chi connectivity index (χ1v) is 6.53. The average Bonchev–Trinajstić information content (AvgIpc) is 2.35. The molecule has 0 fully saturated rings. The topological polar surface area (TPSA) is 38.0 Å². The molecule has 1 atom stereocenters. The maximum Gasteiger partial charge on any atom is 0.151 e. The number of anilines is 2. The molecule has 2 nitrogen and oxygen atoms in total. The highest BCUT2D eigenvalue weighted by Crippen LogP contribution is 2.28. The van der Waals surface area contributed by atoms with Crippen LogP contribution in [0.5, 0.6) is 0 Å². The third-order valence-electron chi connectivity index (χ3n) is 2.81. The fourth-order valence-electron chi connectivity index (χ4n) is 1.80. The van der Waals surface area contributed by atoms with Crippen LogP contribution in [0, 0.1) is 11.6 Å². The van der Waals surface area contributed by atoms with Gasteiger partial charge in [-0.15, -0.1) is 0 Å². The molecule has 0 aromatic heterocycles. The molecule has 0 spiro atoms. The number of nitrogens with one attached hydrogen (secondary N) is 1. The van der Waals surface area contributed by atoms with E-state index in [1.165, 1.54) is 6.07 Å². The Morgan fingerprint density at radius 2 is 1.95 bits per heavy atom. The van der Waals surface area contributed by atoms with Gasteiger partial charge in [-0.05, 0) is 30.7 Å². The van der Waals surface area contributed by atoms with Gasteiger partial charge in [0.15, 0.2) is 5.82 Å². The lowest BCUT2D eigenvalue weighted by Crippen LogP contribution is -2.09. The molecule has 2 aromatic carbocycles. The highest BCUT2D eigenvalue weighted by atomic mass is 79.9. The summed E-state index contributed by atoms with van der Waals surface area (Å²) in [6.07, 6.45) is 0. The molecule has 0 radical (unpaired) electrons. The molecule has 19 heavy (non-hydrogen) atoms. The zero-order valence-corrected chi connectivity index (χ0v) is 11.8. The molecule has 3 N–H and O–H groups in total. The van der Waals surface area contributed by atoms with Gasteiger partial charge in [-0.3, -0.25) is 0 Å². The van der Waals surface area contributed by atoms with Gasteiger partial charge in [0.2, 0.25) is 0 Å². The van der Waals surface area contributed by atoms with E-state index in [0.29, 0.717) is 0 Å². The smallest absolute Gasteiger partial charge is 0.151 e. The van der Waals surface area contributed by atoms with Crippen molar-refractivity contribution in [2.75, 3.05) is 11.1 Å². The van der Waals surface area contributed by atoms with Crippen molar-refractivity contribution in [1.29, 1.82) is 0 Å². The number of nitrogens with two attached hydrogens (primary N) is 1. The van der Waals surface area contributed by atoms with Gasteiger partial charge in [0.25, 0.3) is 0 Å². The van der Waals surface area contributed by atoms with Crippen molar-refractivity contribution in [2.45, 2.75) is 13.0 Å². The Bertz CT molecular complexity index is 602. The Balaban J connectivity index is 2.26. The first kappa shape index (κ1) is 13.8. The summed E-state index contributed by atoms with van der Waals surface area (Å²) in [6, 6.07) is 9.50. The normalized spacial score (nSPS) is 12.2. The minimum Gasteiger partial charge on any atom is -0.395 e. The van der Waals surface area contributed by atoms with E-state index < -0.39 is 11.6 Å². The molecule has 100 valence electrons.